The fraction of sp³-hybridized carbons (Fsp3) is 0.929. The molecule has 120 valence electrons. The Hall–Kier alpha value is -0.0800. The standard InChI is InChI=1S/C14H31N5.HI/c1-12(2)11-17-14(15)16-7-10-19-8-5-13(6-9-19)18(3)4;/h12-13H,5-11H2,1-4H3,(H3,15,16,17);1H. The van der Waals surface area contributed by atoms with E-state index in [9.17, 15) is 0 Å². The molecule has 0 atom stereocenters. The van der Waals surface area contributed by atoms with Crippen LogP contribution in [0.25, 0.3) is 0 Å². The Balaban J connectivity index is 0.00000361. The van der Waals surface area contributed by atoms with Crippen molar-refractivity contribution in [2.75, 3.05) is 46.8 Å². The number of piperidine rings is 1. The van der Waals surface area contributed by atoms with Gasteiger partial charge in [0.25, 0.3) is 0 Å². The maximum Gasteiger partial charge on any atom is 0.188 e. The van der Waals surface area contributed by atoms with E-state index in [1.165, 1.54) is 25.9 Å². The molecule has 0 aliphatic carbocycles. The quantitative estimate of drug-likeness (QED) is 0.402. The van der Waals surface area contributed by atoms with Gasteiger partial charge in [-0.3, -0.25) is 4.99 Å². The second-order valence-electron chi connectivity index (χ2n) is 6.08. The average molecular weight is 397 g/mol. The summed E-state index contributed by atoms with van der Waals surface area (Å²) in [5.41, 5.74) is 5.81. The number of likely N-dealkylation sites (tertiary alicyclic amines) is 1. The van der Waals surface area contributed by atoms with Gasteiger partial charge in [-0.15, -0.1) is 24.0 Å². The number of hydrogen-bond donors (Lipinski definition) is 2. The van der Waals surface area contributed by atoms with E-state index in [-0.39, 0.29) is 24.0 Å². The van der Waals surface area contributed by atoms with Crippen LogP contribution < -0.4 is 11.1 Å². The smallest absolute Gasteiger partial charge is 0.188 e. The van der Waals surface area contributed by atoms with Crippen molar-refractivity contribution in [1.29, 1.82) is 0 Å². The van der Waals surface area contributed by atoms with Gasteiger partial charge in [0, 0.05) is 25.7 Å². The van der Waals surface area contributed by atoms with E-state index >= 15 is 0 Å². The minimum Gasteiger partial charge on any atom is -0.370 e. The molecule has 0 amide bonds. The van der Waals surface area contributed by atoms with E-state index < -0.39 is 0 Å². The van der Waals surface area contributed by atoms with Crippen molar-refractivity contribution < 1.29 is 0 Å². The van der Waals surface area contributed by atoms with Crippen LogP contribution in [0.4, 0.5) is 0 Å². The summed E-state index contributed by atoms with van der Waals surface area (Å²) in [6.45, 7) is 9.41. The highest BCUT2D eigenvalue weighted by Gasteiger charge is 2.19. The second kappa shape index (κ2) is 10.6. The normalized spacial score (nSPS) is 18.4. The molecule has 0 aromatic heterocycles. The molecule has 0 spiro atoms. The van der Waals surface area contributed by atoms with E-state index in [0.717, 1.165) is 25.7 Å². The van der Waals surface area contributed by atoms with E-state index in [0.29, 0.717) is 11.9 Å². The molecule has 0 saturated carbocycles. The largest absolute Gasteiger partial charge is 0.370 e. The minimum absolute atomic E-state index is 0. The van der Waals surface area contributed by atoms with Crippen LogP contribution in [0.3, 0.4) is 0 Å². The lowest BCUT2D eigenvalue weighted by molar-refractivity contribution is 0.147. The molecule has 1 rings (SSSR count). The van der Waals surface area contributed by atoms with Crippen LogP contribution >= 0.6 is 24.0 Å². The van der Waals surface area contributed by atoms with E-state index in [2.05, 4.69) is 48.1 Å². The number of rotatable bonds is 6. The number of halogens is 1. The van der Waals surface area contributed by atoms with Crippen LogP contribution in [0.5, 0.6) is 0 Å². The van der Waals surface area contributed by atoms with Crippen molar-refractivity contribution in [3.8, 4) is 0 Å². The number of aliphatic imine (C=N–C) groups is 1. The fourth-order valence-electron chi connectivity index (χ4n) is 2.34. The summed E-state index contributed by atoms with van der Waals surface area (Å²) in [5, 5.41) is 3.19. The summed E-state index contributed by atoms with van der Waals surface area (Å²) in [7, 11) is 4.35. The van der Waals surface area contributed by atoms with Crippen molar-refractivity contribution in [1.82, 2.24) is 15.1 Å². The van der Waals surface area contributed by atoms with E-state index in [1.807, 2.05) is 0 Å². The molecule has 0 aromatic carbocycles. The van der Waals surface area contributed by atoms with Gasteiger partial charge in [-0.1, -0.05) is 13.8 Å². The topological polar surface area (TPSA) is 56.9 Å². The number of nitrogens with zero attached hydrogens (tertiary/aromatic N) is 3. The first-order chi connectivity index (χ1) is 8.99. The zero-order valence-corrected chi connectivity index (χ0v) is 15.8. The van der Waals surface area contributed by atoms with Gasteiger partial charge in [-0.2, -0.15) is 0 Å². The molecule has 0 radical (unpaired) electrons. The van der Waals surface area contributed by atoms with Gasteiger partial charge in [-0.25, -0.2) is 0 Å². The van der Waals surface area contributed by atoms with E-state index in [4.69, 9.17) is 5.73 Å². The predicted octanol–water partition coefficient (Wildman–Crippen LogP) is 1.19. The lowest BCUT2D eigenvalue weighted by atomic mass is 10.0. The third kappa shape index (κ3) is 8.26. The molecular weight excluding hydrogens is 365 g/mol. The Morgan fingerprint density at radius 2 is 1.95 bits per heavy atom. The molecular formula is C14H32IN5. The first-order valence-corrected chi connectivity index (χ1v) is 7.41. The van der Waals surface area contributed by atoms with Crippen LogP contribution in [0, 0.1) is 5.92 Å². The zero-order valence-electron chi connectivity index (χ0n) is 13.4. The molecule has 1 aliphatic rings. The van der Waals surface area contributed by atoms with Gasteiger partial charge in [0.15, 0.2) is 5.96 Å². The molecule has 1 aliphatic heterocycles. The van der Waals surface area contributed by atoms with Crippen LogP contribution in [0.15, 0.2) is 4.99 Å². The molecule has 1 heterocycles. The summed E-state index contributed by atoms with van der Waals surface area (Å²) < 4.78 is 0. The monoisotopic (exact) mass is 397 g/mol. The van der Waals surface area contributed by atoms with Gasteiger partial charge in [0.05, 0.1) is 0 Å². The third-order valence-electron chi connectivity index (χ3n) is 3.65. The molecule has 6 heteroatoms. The van der Waals surface area contributed by atoms with Crippen molar-refractivity contribution in [2.45, 2.75) is 32.7 Å². The highest BCUT2D eigenvalue weighted by molar-refractivity contribution is 14.0. The Morgan fingerprint density at radius 1 is 1.35 bits per heavy atom. The van der Waals surface area contributed by atoms with Crippen LogP contribution in [0.1, 0.15) is 26.7 Å². The maximum atomic E-state index is 5.81. The van der Waals surface area contributed by atoms with Crippen LogP contribution in [-0.2, 0) is 0 Å². The average Bonchev–Trinajstić information content (AvgIpc) is 2.37. The highest BCUT2D eigenvalue weighted by Crippen LogP contribution is 2.13. The van der Waals surface area contributed by atoms with Crippen molar-refractivity contribution in [3.05, 3.63) is 0 Å². The van der Waals surface area contributed by atoms with Crippen molar-refractivity contribution in [2.24, 2.45) is 16.6 Å². The zero-order chi connectivity index (χ0) is 14.3. The molecule has 1 saturated heterocycles. The summed E-state index contributed by atoms with van der Waals surface area (Å²) in [6, 6.07) is 0.752. The molecule has 1 fully saturated rings. The van der Waals surface area contributed by atoms with Crippen molar-refractivity contribution in [3.63, 3.8) is 0 Å². The van der Waals surface area contributed by atoms with Crippen molar-refractivity contribution >= 4 is 29.9 Å². The highest BCUT2D eigenvalue weighted by atomic mass is 127. The van der Waals surface area contributed by atoms with Gasteiger partial charge < -0.3 is 20.9 Å². The Bertz CT molecular complexity index is 273. The molecule has 0 unspecified atom stereocenters. The van der Waals surface area contributed by atoms with Gasteiger partial charge in [0.1, 0.15) is 0 Å². The van der Waals surface area contributed by atoms with Gasteiger partial charge in [0.2, 0.25) is 0 Å². The number of guanidine groups is 1. The molecule has 5 nitrogen and oxygen atoms in total. The predicted molar refractivity (Wildman–Crippen MR) is 97.9 cm³/mol. The molecule has 3 N–H and O–H groups in total. The Morgan fingerprint density at radius 3 is 2.45 bits per heavy atom. The summed E-state index contributed by atoms with van der Waals surface area (Å²) in [6.07, 6.45) is 2.54. The molecule has 0 aromatic rings. The first-order valence-electron chi connectivity index (χ1n) is 7.41. The Kier molecular flexibility index (Phi) is 10.6. The lowest BCUT2D eigenvalue weighted by Crippen LogP contribution is -2.45. The van der Waals surface area contributed by atoms with Crippen LogP contribution in [0.2, 0.25) is 0 Å². The second-order valence-corrected chi connectivity index (χ2v) is 6.08. The van der Waals surface area contributed by atoms with Gasteiger partial charge >= 0.3 is 0 Å². The lowest BCUT2D eigenvalue weighted by Gasteiger charge is -2.35. The number of hydrogen-bond acceptors (Lipinski definition) is 3. The first kappa shape index (κ1) is 19.9. The molecule has 20 heavy (non-hydrogen) atoms. The van der Waals surface area contributed by atoms with Gasteiger partial charge in [-0.05, 0) is 45.9 Å². The maximum absolute atomic E-state index is 5.81. The summed E-state index contributed by atoms with van der Waals surface area (Å²) >= 11 is 0. The van der Waals surface area contributed by atoms with E-state index in [1.54, 1.807) is 0 Å². The number of nitrogens with one attached hydrogen (secondary N) is 1. The SMILES string of the molecule is CC(C)CN=C(N)NCCN1CCC(N(C)C)CC1.I. The minimum atomic E-state index is 0. The number of nitrogens with two attached hydrogens (primary N) is 1. The Labute approximate surface area is 141 Å². The summed E-state index contributed by atoms with van der Waals surface area (Å²) in [4.78, 5) is 9.14. The third-order valence-corrected chi connectivity index (χ3v) is 3.65. The molecule has 0 bridgehead atoms. The van der Waals surface area contributed by atoms with Crippen LogP contribution in [-0.4, -0.2) is 68.6 Å². The fourth-order valence-corrected chi connectivity index (χ4v) is 2.34. The summed E-state index contributed by atoms with van der Waals surface area (Å²) in [5.74, 6) is 1.14.